The fourth-order valence-corrected chi connectivity index (χ4v) is 4.07. The van der Waals surface area contributed by atoms with Gasteiger partial charge in [-0.2, -0.15) is 0 Å². The highest BCUT2D eigenvalue weighted by Crippen LogP contribution is 2.20. The molecule has 0 aromatic heterocycles. The van der Waals surface area contributed by atoms with Gasteiger partial charge >= 0.3 is 0 Å². The molecule has 0 fully saturated rings. The van der Waals surface area contributed by atoms with E-state index in [9.17, 15) is 9.59 Å². The molecule has 0 aliphatic heterocycles. The van der Waals surface area contributed by atoms with Crippen LogP contribution in [0.4, 0.5) is 0 Å². The summed E-state index contributed by atoms with van der Waals surface area (Å²) < 4.78 is 0. The van der Waals surface area contributed by atoms with Gasteiger partial charge in [-0.3, -0.25) is 9.59 Å². The van der Waals surface area contributed by atoms with E-state index in [1.54, 1.807) is 16.7 Å². The van der Waals surface area contributed by atoms with Crippen LogP contribution in [-0.2, 0) is 16.1 Å². The Balaban J connectivity index is 2.10. The third-order valence-corrected chi connectivity index (χ3v) is 5.71. The molecule has 29 heavy (non-hydrogen) atoms. The van der Waals surface area contributed by atoms with Crippen molar-refractivity contribution in [3.05, 3.63) is 65.7 Å². The molecular weight excluding hydrogens is 380 g/mol. The van der Waals surface area contributed by atoms with E-state index < -0.39 is 6.04 Å². The highest BCUT2D eigenvalue weighted by Gasteiger charge is 2.28. The number of hydrogen-bond donors (Lipinski definition) is 1. The van der Waals surface area contributed by atoms with Crippen LogP contribution < -0.4 is 5.32 Å². The van der Waals surface area contributed by atoms with Gasteiger partial charge < -0.3 is 10.2 Å². The van der Waals surface area contributed by atoms with E-state index in [1.165, 1.54) is 0 Å². The minimum atomic E-state index is -0.448. The van der Waals surface area contributed by atoms with Gasteiger partial charge in [0.15, 0.2) is 0 Å². The largest absolute Gasteiger partial charge is 0.354 e. The average molecular weight is 413 g/mol. The Hall–Kier alpha value is -2.27. The molecule has 0 spiro atoms. The van der Waals surface area contributed by atoms with Crippen LogP contribution in [0.15, 0.2) is 59.5 Å². The minimum absolute atomic E-state index is 0.0217. The molecule has 4 nitrogen and oxygen atoms in total. The zero-order valence-electron chi connectivity index (χ0n) is 17.7. The summed E-state index contributed by atoms with van der Waals surface area (Å²) in [5, 5.41) is 2.96. The zero-order valence-corrected chi connectivity index (χ0v) is 18.5. The predicted octanol–water partition coefficient (Wildman–Crippen LogP) is 4.81. The first-order chi connectivity index (χ1) is 14.0. The number of aryl methyl sites for hydroxylation is 1. The van der Waals surface area contributed by atoms with Crippen LogP contribution in [0.25, 0.3) is 0 Å². The highest BCUT2D eigenvalue weighted by molar-refractivity contribution is 7.99. The van der Waals surface area contributed by atoms with E-state index in [2.05, 4.69) is 11.4 Å². The van der Waals surface area contributed by atoms with Crippen molar-refractivity contribution < 1.29 is 9.59 Å². The van der Waals surface area contributed by atoms with Gasteiger partial charge in [0.05, 0.1) is 0 Å². The Bertz CT molecular complexity index is 779. The van der Waals surface area contributed by atoms with Gasteiger partial charge in [-0.25, -0.2) is 0 Å². The lowest BCUT2D eigenvalue weighted by atomic mass is 10.1. The normalized spacial score (nSPS) is 11.7. The van der Waals surface area contributed by atoms with Crippen LogP contribution in [0.2, 0.25) is 0 Å². The molecule has 156 valence electrons. The fraction of sp³-hybridized carbons (Fsp3) is 0.417. The van der Waals surface area contributed by atoms with E-state index in [4.69, 9.17) is 0 Å². The van der Waals surface area contributed by atoms with E-state index in [1.807, 2.05) is 69.3 Å². The summed E-state index contributed by atoms with van der Waals surface area (Å²) >= 11 is 1.67. The topological polar surface area (TPSA) is 49.4 Å². The van der Waals surface area contributed by atoms with Gasteiger partial charge in [-0.15, -0.1) is 11.8 Å². The molecule has 1 unspecified atom stereocenters. The monoisotopic (exact) mass is 412 g/mol. The summed E-state index contributed by atoms with van der Waals surface area (Å²) in [7, 11) is 0. The second-order valence-corrected chi connectivity index (χ2v) is 8.31. The van der Waals surface area contributed by atoms with Crippen molar-refractivity contribution in [1.82, 2.24) is 10.2 Å². The van der Waals surface area contributed by atoms with Crippen LogP contribution in [0.5, 0.6) is 0 Å². The molecule has 0 heterocycles. The third kappa shape index (κ3) is 7.58. The fourth-order valence-electron chi connectivity index (χ4n) is 3.21. The summed E-state index contributed by atoms with van der Waals surface area (Å²) in [5.74, 6) is 0.652. The molecule has 0 aliphatic carbocycles. The molecule has 0 bridgehead atoms. The Morgan fingerprint density at radius 3 is 2.48 bits per heavy atom. The number of nitrogens with one attached hydrogen (secondary N) is 1. The number of amides is 2. The summed E-state index contributed by atoms with van der Waals surface area (Å²) in [6.07, 6.45) is 1.88. The quantitative estimate of drug-likeness (QED) is 0.539. The summed E-state index contributed by atoms with van der Waals surface area (Å²) in [6.45, 7) is 7.11. The maximum absolute atomic E-state index is 13.1. The van der Waals surface area contributed by atoms with Crippen LogP contribution in [0.3, 0.4) is 0 Å². The van der Waals surface area contributed by atoms with Crippen molar-refractivity contribution in [2.45, 2.75) is 57.5 Å². The lowest BCUT2D eigenvalue weighted by molar-refractivity contribution is -0.141. The smallest absolute Gasteiger partial charge is 0.242 e. The van der Waals surface area contributed by atoms with Crippen LogP contribution >= 0.6 is 11.8 Å². The molecule has 0 radical (unpaired) electrons. The Morgan fingerprint density at radius 1 is 1.07 bits per heavy atom. The number of rotatable bonds is 11. The van der Waals surface area contributed by atoms with Crippen molar-refractivity contribution in [1.29, 1.82) is 0 Å². The van der Waals surface area contributed by atoms with Crippen molar-refractivity contribution in [3.63, 3.8) is 0 Å². The van der Waals surface area contributed by atoms with Crippen molar-refractivity contribution >= 4 is 23.6 Å². The lowest BCUT2D eigenvalue weighted by Crippen LogP contribution is -2.49. The summed E-state index contributed by atoms with van der Waals surface area (Å²) in [4.78, 5) is 28.8. The molecule has 1 N–H and O–H groups in total. The summed E-state index contributed by atoms with van der Waals surface area (Å²) in [5.41, 5.74) is 2.20. The van der Waals surface area contributed by atoms with E-state index in [0.29, 0.717) is 31.7 Å². The average Bonchev–Trinajstić information content (AvgIpc) is 2.72. The molecule has 0 aliphatic rings. The predicted molar refractivity (Wildman–Crippen MR) is 121 cm³/mol. The third-order valence-electron chi connectivity index (χ3n) is 4.70. The minimum Gasteiger partial charge on any atom is -0.354 e. The first-order valence-electron chi connectivity index (χ1n) is 10.4. The molecule has 2 amide bonds. The van der Waals surface area contributed by atoms with Crippen molar-refractivity contribution in [2.24, 2.45) is 0 Å². The van der Waals surface area contributed by atoms with Crippen LogP contribution in [0, 0.1) is 6.92 Å². The molecular formula is C24H32N2O2S. The van der Waals surface area contributed by atoms with Crippen LogP contribution in [-0.4, -0.2) is 35.1 Å². The lowest BCUT2D eigenvalue weighted by Gasteiger charge is -2.31. The van der Waals surface area contributed by atoms with Gasteiger partial charge in [-0.1, -0.05) is 61.9 Å². The molecule has 5 heteroatoms. The standard InChI is InChI=1S/C24H32N2O2S/c1-4-15-25-24(28)22(5-2)26(18-20-11-9-10-19(3)17-20)23(27)14-16-29-21-12-7-6-8-13-21/h6-13,17,22H,4-5,14-16,18H2,1-3H3,(H,25,28). The maximum atomic E-state index is 13.1. The Kier molecular flexibility index (Phi) is 9.78. The van der Waals surface area contributed by atoms with Gasteiger partial charge in [-0.05, 0) is 37.5 Å². The molecule has 2 rings (SSSR count). The first-order valence-corrected chi connectivity index (χ1v) is 11.3. The number of carbonyl (C=O) groups excluding carboxylic acids is 2. The second kappa shape index (κ2) is 12.3. The Labute approximate surface area is 179 Å². The van der Waals surface area contributed by atoms with Gasteiger partial charge in [0, 0.05) is 30.2 Å². The zero-order chi connectivity index (χ0) is 21.1. The highest BCUT2D eigenvalue weighted by atomic mass is 32.2. The van der Waals surface area contributed by atoms with Crippen molar-refractivity contribution in [3.8, 4) is 0 Å². The van der Waals surface area contributed by atoms with Gasteiger partial charge in [0.2, 0.25) is 11.8 Å². The van der Waals surface area contributed by atoms with E-state index >= 15 is 0 Å². The molecule has 0 saturated heterocycles. The number of nitrogens with zero attached hydrogens (tertiary/aromatic N) is 1. The number of thioether (sulfide) groups is 1. The van der Waals surface area contributed by atoms with E-state index in [-0.39, 0.29) is 11.8 Å². The number of hydrogen-bond acceptors (Lipinski definition) is 3. The van der Waals surface area contributed by atoms with Crippen molar-refractivity contribution in [2.75, 3.05) is 12.3 Å². The summed E-state index contributed by atoms with van der Waals surface area (Å²) in [6, 6.07) is 17.8. The molecule has 0 saturated carbocycles. The molecule has 2 aromatic carbocycles. The Morgan fingerprint density at radius 2 is 1.83 bits per heavy atom. The van der Waals surface area contributed by atoms with E-state index in [0.717, 1.165) is 22.4 Å². The SMILES string of the molecule is CCCNC(=O)C(CC)N(Cc1cccc(C)c1)C(=O)CCSc1ccccc1. The van der Waals surface area contributed by atoms with Gasteiger partial charge in [0.1, 0.15) is 6.04 Å². The molecule has 1 atom stereocenters. The first kappa shape index (κ1) is 23.0. The number of carbonyl (C=O) groups is 2. The maximum Gasteiger partial charge on any atom is 0.242 e. The second-order valence-electron chi connectivity index (χ2n) is 7.14. The van der Waals surface area contributed by atoms with Gasteiger partial charge in [0.25, 0.3) is 0 Å². The van der Waals surface area contributed by atoms with Crippen LogP contribution in [0.1, 0.15) is 44.2 Å². The number of benzene rings is 2. The molecule has 2 aromatic rings.